The Morgan fingerprint density at radius 2 is 2.29 bits per heavy atom. The van der Waals surface area contributed by atoms with Gasteiger partial charge in [0.15, 0.2) is 0 Å². The number of nitrogens with one attached hydrogen (secondary N) is 1. The molecule has 0 saturated heterocycles. The average Bonchev–Trinajstić information content (AvgIpc) is 2.32. The lowest BCUT2D eigenvalue weighted by Gasteiger charge is -2.15. The van der Waals surface area contributed by atoms with Crippen molar-refractivity contribution in [2.75, 3.05) is 13.1 Å². The fourth-order valence-electron chi connectivity index (χ4n) is 1.52. The van der Waals surface area contributed by atoms with Gasteiger partial charge in [0.25, 0.3) is 0 Å². The minimum absolute atomic E-state index is 0.0780. The van der Waals surface area contributed by atoms with Crippen molar-refractivity contribution in [3.05, 3.63) is 28.8 Å². The van der Waals surface area contributed by atoms with Gasteiger partial charge in [-0.15, -0.1) is 6.42 Å². The third-order valence-corrected chi connectivity index (χ3v) is 2.76. The molecule has 0 fully saturated rings. The predicted octanol–water partition coefficient (Wildman–Crippen LogP) is 2.89. The fourth-order valence-corrected chi connectivity index (χ4v) is 1.77. The van der Waals surface area contributed by atoms with Crippen molar-refractivity contribution in [1.82, 2.24) is 5.32 Å². The van der Waals surface area contributed by atoms with Gasteiger partial charge in [-0.3, -0.25) is 0 Å². The standard InChI is InChI=1S/C14H18ClNO/c1-4-8-16-10-11(3)17-13-6-7-14(15)12(5-2)9-13/h1,6-7,9,11,16H,5,8,10H2,2-3H3. The third kappa shape index (κ3) is 4.68. The van der Waals surface area contributed by atoms with E-state index in [9.17, 15) is 0 Å². The predicted molar refractivity (Wildman–Crippen MR) is 72.6 cm³/mol. The highest BCUT2D eigenvalue weighted by atomic mass is 35.5. The van der Waals surface area contributed by atoms with Crippen molar-refractivity contribution in [2.24, 2.45) is 0 Å². The lowest BCUT2D eigenvalue weighted by Crippen LogP contribution is -2.29. The van der Waals surface area contributed by atoms with Gasteiger partial charge >= 0.3 is 0 Å². The van der Waals surface area contributed by atoms with E-state index in [4.69, 9.17) is 22.8 Å². The van der Waals surface area contributed by atoms with Crippen LogP contribution >= 0.6 is 11.6 Å². The maximum absolute atomic E-state index is 6.05. The quantitative estimate of drug-likeness (QED) is 0.620. The van der Waals surface area contributed by atoms with Crippen molar-refractivity contribution in [3.8, 4) is 18.1 Å². The topological polar surface area (TPSA) is 21.3 Å². The molecule has 3 heteroatoms. The fraction of sp³-hybridized carbons (Fsp3) is 0.429. The van der Waals surface area contributed by atoms with Crippen molar-refractivity contribution >= 4 is 11.6 Å². The Bertz CT molecular complexity index is 398. The molecule has 0 aliphatic rings. The number of hydrogen-bond donors (Lipinski definition) is 1. The maximum atomic E-state index is 6.05. The second kappa shape index (κ2) is 7.21. The van der Waals surface area contributed by atoms with Crippen LogP contribution in [0.4, 0.5) is 0 Å². The molecule has 0 aliphatic carbocycles. The van der Waals surface area contributed by atoms with Crippen LogP contribution in [-0.4, -0.2) is 19.2 Å². The summed E-state index contributed by atoms with van der Waals surface area (Å²) in [6, 6.07) is 5.75. The zero-order chi connectivity index (χ0) is 12.7. The van der Waals surface area contributed by atoms with E-state index >= 15 is 0 Å². The van der Waals surface area contributed by atoms with Crippen LogP contribution in [0, 0.1) is 12.3 Å². The lowest BCUT2D eigenvalue weighted by atomic mass is 10.1. The average molecular weight is 252 g/mol. The van der Waals surface area contributed by atoms with Crippen LogP contribution in [0.3, 0.4) is 0 Å². The van der Waals surface area contributed by atoms with Gasteiger partial charge in [-0.05, 0) is 37.1 Å². The minimum Gasteiger partial charge on any atom is -0.489 e. The summed E-state index contributed by atoms with van der Waals surface area (Å²) in [7, 11) is 0. The van der Waals surface area contributed by atoms with Gasteiger partial charge in [-0.25, -0.2) is 0 Å². The molecule has 1 aromatic carbocycles. The van der Waals surface area contributed by atoms with Gasteiger partial charge in [0.1, 0.15) is 11.9 Å². The van der Waals surface area contributed by atoms with Gasteiger partial charge in [-0.2, -0.15) is 0 Å². The van der Waals surface area contributed by atoms with E-state index in [1.807, 2.05) is 25.1 Å². The number of aryl methyl sites for hydroxylation is 1. The normalized spacial score (nSPS) is 11.9. The molecule has 92 valence electrons. The first kappa shape index (κ1) is 13.9. The molecule has 0 heterocycles. The van der Waals surface area contributed by atoms with E-state index in [2.05, 4.69) is 18.2 Å². The van der Waals surface area contributed by atoms with Crippen LogP contribution in [0.15, 0.2) is 18.2 Å². The Morgan fingerprint density at radius 3 is 2.94 bits per heavy atom. The van der Waals surface area contributed by atoms with Crippen molar-refractivity contribution < 1.29 is 4.74 Å². The summed E-state index contributed by atoms with van der Waals surface area (Å²) in [5, 5.41) is 3.90. The van der Waals surface area contributed by atoms with Crippen LogP contribution in [0.2, 0.25) is 5.02 Å². The van der Waals surface area contributed by atoms with Crippen LogP contribution in [-0.2, 0) is 6.42 Å². The Labute approximate surface area is 108 Å². The number of ether oxygens (including phenoxy) is 1. The molecule has 1 aromatic rings. The number of halogens is 1. The second-order valence-corrected chi connectivity index (χ2v) is 4.28. The highest BCUT2D eigenvalue weighted by molar-refractivity contribution is 6.31. The summed E-state index contributed by atoms with van der Waals surface area (Å²) in [6.07, 6.45) is 6.13. The zero-order valence-electron chi connectivity index (χ0n) is 10.3. The molecule has 1 rings (SSSR count). The van der Waals surface area contributed by atoms with Gasteiger partial charge in [0.2, 0.25) is 0 Å². The van der Waals surface area contributed by atoms with E-state index in [1.165, 1.54) is 0 Å². The van der Waals surface area contributed by atoms with Gasteiger partial charge < -0.3 is 10.1 Å². The molecule has 0 amide bonds. The molecule has 1 atom stereocenters. The van der Waals surface area contributed by atoms with Crippen molar-refractivity contribution in [2.45, 2.75) is 26.4 Å². The Kier molecular flexibility index (Phi) is 5.90. The van der Waals surface area contributed by atoms with Crippen LogP contribution in [0.1, 0.15) is 19.4 Å². The molecule has 0 aromatic heterocycles. The van der Waals surface area contributed by atoms with Crippen LogP contribution < -0.4 is 10.1 Å². The molecule has 0 spiro atoms. The first-order valence-corrected chi connectivity index (χ1v) is 6.14. The summed E-state index contributed by atoms with van der Waals surface area (Å²) < 4.78 is 5.77. The number of benzene rings is 1. The van der Waals surface area contributed by atoms with E-state index < -0.39 is 0 Å². The number of hydrogen-bond acceptors (Lipinski definition) is 2. The Balaban J connectivity index is 2.53. The summed E-state index contributed by atoms with van der Waals surface area (Å²) in [5.74, 6) is 3.38. The van der Waals surface area contributed by atoms with Gasteiger partial charge in [-0.1, -0.05) is 24.4 Å². The Hall–Kier alpha value is -1.17. The molecule has 0 radical (unpaired) electrons. The molecule has 1 unspecified atom stereocenters. The first-order valence-electron chi connectivity index (χ1n) is 5.76. The summed E-state index contributed by atoms with van der Waals surface area (Å²) in [5.41, 5.74) is 1.10. The molecule has 0 aliphatic heterocycles. The molecular formula is C14H18ClNO. The molecule has 2 nitrogen and oxygen atoms in total. The molecule has 0 bridgehead atoms. The molecule has 0 saturated carbocycles. The van der Waals surface area contributed by atoms with Gasteiger partial charge in [0, 0.05) is 11.6 Å². The van der Waals surface area contributed by atoms with E-state index in [0.29, 0.717) is 6.54 Å². The number of rotatable bonds is 6. The smallest absolute Gasteiger partial charge is 0.120 e. The minimum atomic E-state index is 0.0780. The monoisotopic (exact) mass is 251 g/mol. The summed E-state index contributed by atoms with van der Waals surface area (Å²) in [4.78, 5) is 0. The molecular weight excluding hydrogens is 234 g/mol. The molecule has 17 heavy (non-hydrogen) atoms. The van der Waals surface area contributed by atoms with E-state index in [-0.39, 0.29) is 6.10 Å². The third-order valence-electron chi connectivity index (χ3n) is 2.39. The second-order valence-electron chi connectivity index (χ2n) is 3.87. The summed E-state index contributed by atoms with van der Waals surface area (Å²) in [6.45, 7) is 5.37. The van der Waals surface area contributed by atoms with E-state index in [0.717, 1.165) is 29.3 Å². The van der Waals surface area contributed by atoms with Crippen molar-refractivity contribution in [3.63, 3.8) is 0 Å². The SMILES string of the molecule is C#CCNCC(C)Oc1ccc(Cl)c(CC)c1. The van der Waals surface area contributed by atoms with Gasteiger partial charge in [0.05, 0.1) is 6.54 Å². The van der Waals surface area contributed by atoms with E-state index in [1.54, 1.807) is 0 Å². The zero-order valence-corrected chi connectivity index (χ0v) is 11.1. The van der Waals surface area contributed by atoms with Crippen LogP contribution in [0.5, 0.6) is 5.75 Å². The van der Waals surface area contributed by atoms with Crippen molar-refractivity contribution in [1.29, 1.82) is 0 Å². The number of terminal acetylenes is 1. The molecule has 1 N–H and O–H groups in total. The first-order chi connectivity index (χ1) is 8.17. The van der Waals surface area contributed by atoms with Crippen LogP contribution in [0.25, 0.3) is 0 Å². The summed E-state index contributed by atoms with van der Waals surface area (Å²) >= 11 is 6.05. The lowest BCUT2D eigenvalue weighted by molar-refractivity contribution is 0.219. The maximum Gasteiger partial charge on any atom is 0.120 e. The highest BCUT2D eigenvalue weighted by Crippen LogP contribution is 2.23. The Morgan fingerprint density at radius 1 is 1.53 bits per heavy atom. The largest absolute Gasteiger partial charge is 0.489 e. The highest BCUT2D eigenvalue weighted by Gasteiger charge is 2.05.